The lowest BCUT2D eigenvalue weighted by Gasteiger charge is -2.22. The molecule has 0 saturated heterocycles. The Morgan fingerprint density at radius 3 is 2.50 bits per heavy atom. The van der Waals surface area contributed by atoms with Crippen LogP contribution < -0.4 is 15.5 Å². The summed E-state index contributed by atoms with van der Waals surface area (Å²) in [5, 5.41) is 5.94. The molecular weight excluding hydrogens is 400 g/mol. The number of fused-ring (bicyclic) bond motifs is 1. The fraction of sp³-hybridized carbons (Fsp3) is 0.381. The van der Waals surface area contributed by atoms with Crippen LogP contribution in [0.25, 0.3) is 0 Å². The molecule has 1 amide bonds. The smallest absolute Gasteiger partial charge is 0.255 e. The van der Waals surface area contributed by atoms with E-state index in [2.05, 4.69) is 29.4 Å². The second-order valence-electron chi connectivity index (χ2n) is 6.57. The van der Waals surface area contributed by atoms with E-state index in [-0.39, 0.29) is 42.2 Å². The lowest BCUT2D eigenvalue weighted by molar-refractivity contribution is 0.102. The summed E-state index contributed by atoms with van der Waals surface area (Å²) in [5.74, 6) is -0.600. The molecule has 1 heterocycles. The van der Waals surface area contributed by atoms with Gasteiger partial charge in [0, 0.05) is 30.9 Å². The van der Waals surface area contributed by atoms with Gasteiger partial charge in [-0.1, -0.05) is 13.0 Å². The molecule has 1 aliphatic rings. The van der Waals surface area contributed by atoms with Crippen molar-refractivity contribution < 1.29 is 9.18 Å². The summed E-state index contributed by atoms with van der Waals surface area (Å²) >= 11 is 0. The van der Waals surface area contributed by atoms with Gasteiger partial charge in [-0.05, 0) is 67.8 Å². The van der Waals surface area contributed by atoms with Gasteiger partial charge in [0.25, 0.3) is 5.91 Å². The number of hydrogen-bond donors (Lipinski definition) is 2. The highest BCUT2D eigenvalue weighted by atomic mass is 35.5. The Morgan fingerprint density at radius 2 is 1.86 bits per heavy atom. The molecule has 2 aromatic rings. The highest BCUT2D eigenvalue weighted by Crippen LogP contribution is 2.25. The quantitative estimate of drug-likeness (QED) is 0.695. The predicted octanol–water partition coefficient (Wildman–Crippen LogP) is 4.80. The summed E-state index contributed by atoms with van der Waals surface area (Å²) in [6, 6.07) is 11.0. The van der Waals surface area contributed by atoms with Gasteiger partial charge < -0.3 is 15.5 Å². The van der Waals surface area contributed by atoms with Crippen molar-refractivity contribution in [2.45, 2.75) is 33.2 Å². The van der Waals surface area contributed by atoms with E-state index in [1.54, 1.807) is 18.2 Å². The Balaban J connectivity index is 0.00000196. The molecule has 0 saturated carbocycles. The minimum absolute atomic E-state index is 0. The number of halogens is 3. The number of carbonyl (C=O) groups is 1. The molecule has 0 bridgehead atoms. The second kappa shape index (κ2) is 11.2. The van der Waals surface area contributed by atoms with Crippen LogP contribution in [0.4, 0.5) is 15.8 Å². The summed E-state index contributed by atoms with van der Waals surface area (Å²) in [6.07, 6.45) is 1.72. The van der Waals surface area contributed by atoms with Crippen molar-refractivity contribution in [3.63, 3.8) is 0 Å². The van der Waals surface area contributed by atoms with Gasteiger partial charge >= 0.3 is 0 Å². The molecule has 2 N–H and O–H groups in total. The average molecular weight is 428 g/mol. The zero-order chi connectivity index (χ0) is 18.5. The van der Waals surface area contributed by atoms with Gasteiger partial charge in [-0.2, -0.15) is 0 Å². The van der Waals surface area contributed by atoms with Gasteiger partial charge in [0.1, 0.15) is 5.82 Å². The van der Waals surface area contributed by atoms with Crippen molar-refractivity contribution in [3.8, 4) is 0 Å². The molecule has 1 aliphatic heterocycles. The van der Waals surface area contributed by atoms with E-state index >= 15 is 0 Å². The van der Waals surface area contributed by atoms with Gasteiger partial charge in [0.2, 0.25) is 0 Å². The number of rotatable bonds is 6. The monoisotopic (exact) mass is 427 g/mol. The normalized spacial score (nSPS) is 12.2. The fourth-order valence-corrected chi connectivity index (χ4v) is 3.39. The summed E-state index contributed by atoms with van der Waals surface area (Å²) in [6.45, 7) is 7.60. The lowest BCUT2D eigenvalue weighted by Crippen LogP contribution is -2.25. The zero-order valence-electron chi connectivity index (χ0n) is 16.3. The zero-order valence-corrected chi connectivity index (χ0v) is 17.9. The molecule has 0 aromatic heterocycles. The van der Waals surface area contributed by atoms with E-state index in [0.717, 1.165) is 37.3 Å². The SMILES string of the molecule is CCCN(CC)c1ccc(C(=O)Nc2ccc3c(c2F)CCNC3)cc1.Cl.Cl. The molecule has 4 nitrogen and oxygen atoms in total. The summed E-state index contributed by atoms with van der Waals surface area (Å²) < 4.78 is 14.7. The maximum atomic E-state index is 14.7. The van der Waals surface area contributed by atoms with Crippen molar-refractivity contribution >= 4 is 42.1 Å². The number of carbonyl (C=O) groups excluding carboxylic acids is 1. The van der Waals surface area contributed by atoms with Gasteiger partial charge in [0.15, 0.2) is 0 Å². The third kappa shape index (κ3) is 5.37. The van der Waals surface area contributed by atoms with Gasteiger partial charge in [-0.25, -0.2) is 4.39 Å². The highest BCUT2D eigenvalue weighted by molar-refractivity contribution is 6.04. The Kier molecular flexibility index (Phi) is 9.73. The minimum Gasteiger partial charge on any atom is -0.372 e. The van der Waals surface area contributed by atoms with Gasteiger partial charge in [-0.15, -0.1) is 24.8 Å². The summed E-state index contributed by atoms with van der Waals surface area (Å²) in [4.78, 5) is 14.8. The second-order valence-corrected chi connectivity index (χ2v) is 6.57. The number of nitrogens with zero attached hydrogens (tertiary/aromatic N) is 1. The molecule has 2 aromatic carbocycles. The molecule has 28 heavy (non-hydrogen) atoms. The van der Waals surface area contributed by atoms with Crippen LogP contribution >= 0.6 is 24.8 Å². The Labute approximate surface area is 178 Å². The Hall–Kier alpha value is -1.82. The number of anilines is 2. The van der Waals surface area contributed by atoms with Crippen molar-refractivity contribution in [3.05, 3.63) is 58.9 Å². The maximum Gasteiger partial charge on any atom is 0.255 e. The van der Waals surface area contributed by atoms with Crippen LogP contribution in [0.3, 0.4) is 0 Å². The predicted molar refractivity (Wildman–Crippen MR) is 119 cm³/mol. The molecule has 0 unspecified atom stereocenters. The topological polar surface area (TPSA) is 44.4 Å². The molecule has 0 aliphatic carbocycles. The number of hydrogen-bond acceptors (Lipinski definition) is 3. The van der Waals surface area contributed by atoms with E-state index < -0.39 is 0 Å². The molecule has 154 valence electrons. The first-order valence-electron chi connectivity index (χ1n) is 9.31. The van der Waals surface area contributed by atoms with E-state index in [9.17, 15) is 9.18 Å². The molecule has 3 rings (SSSR count). The highest BCUT2D eigenvalue weighted by Gasteiger charge is 2.18. The number of benzene rings is 2. The van der Waals surface area contributed by atoms with Crippen LogP contribution in [0.2, 0.25) is 0 Å². The minimum atomic E-state index is -0.311. The first-order valence-corrected chi connectivity index (χ1v) is 9.31. The maximum absolute atomic E-state index is 14.7. The van der Waals surface area contributed by atoms with Gasteiger partial charge in [-0.3, -0.25) is 4.79 Å². The molecule has 0 fully saturated rings. The van der Waals surface area contributed by atoms with Crippen LogP contribution in [0, 0.1) is 5.82 Å². The third-order valence-corrected chi connectivity index (χ3v) is 4.83. The molecule has 0 spiro atoms. The average Bonchev–Trinajstić information content (AvgIpc) is 2.68. The molecule has 0 radical (unpaired) electrons. The Bertz CT molecular complexity index is 784. The van der Waals surface area contributed by atoms with E-state index in [4.69, 9.17) is 0 Å². The van der Waals surface area contributed by atoms with Crippen molar-refractivity contribution in [2.75, 3.05) is 29.9 Å². The van der Waals surface area contributed by atoms with E-state index in [1.807, 2.05) is 18.2 Å². The Morgan fingerprint density at radius 1 is 1.14 bits per heavy atom. The number of nitrogens with one attached hydrogen (secondary N) is 2. The summed E-state index contributed by atoms with van der Waals surface area (Å²) in [5.41, 5.74) is 3.54. The first kappa shape index (κ1) is 24.2. The van der Waals surface area contributed by atoms with E-state index in [0.29, 0.717) is 24.1 Å². The van der Waals surface area contributed by atoms with Crippen LogP contribution in [0.5, 0.6) is 0 Å². The molecule has 7 heteroatoms. The van der Waals surface area contributed by atoms with Crippen LogP contribution in [-0.2, 0) is 13.0 Å². The van der Waals surface area contributed by atoms with Gasteiger partial charge in [0.05, 0.1) is 5.69 Å². The van der Waals surface area contributed by atoms with Crippen molar-refractivity contribution in [1.82, 2.24) is 5.32 Å². The third-order valence-electron chi connectivity index (χ3n) is 4.83. The largest absolute Gasteiger partial charge is 0.372 e. The van der Waals surface area contributed by atoms with Crippen molar-refractivity contribution in [1.29, 1.82) is 0 Å². The van der Waals surface area contributed by atoms with Crippen molar-refractivity contribution in [2.24, 2.45) is 0 Å². The first-order chi connectivity index (χ1) is 12.6. The standard InChI is InChI=1S/C21H26FN3O.2ClH/c1-3-13-25(4-2)17-8-5-15(6-9-17)21(26)24-19-10-7-16-14-23-12-11-18(16)20(19)22;;/h5-10,23H,3-4,11-14H2,1-2H3,(H,24,26);2*1H. The van der Waals surface area contributed by atoms with E-state index in [1.165, 1.54) is 0 Å². The molecular formula is C21H28Cl2FN3O. The lowest BCUT2D eigenvalue weighted by atomic mass is 9.99. The van der Waals surface area contributed by atoms with Crippen LogP contribution in [0.15, 0.2) is 36.4 Å². The molecule has 0 atom stereocenters. The number of amides is 1. The van der Waals surface area contributed by atoms with Crippen LogP contribution in [0.1, 0.15) is 41.8 Å². The fourth-order valence-electron chi connectivity index (χ4n) is 3.39. The van der Waals surface area contributed by atoms with Crippen LogP contribution in [-0.4, -0.2) is 25.5 Å². The summed E-state index contributed by atoms with van der Waals surface area (Å²) in [7, 11) is 0.